The number of nitrogens with one attached hydrogen (secondary N) is 1. The summed E-state index contributed by atoms with van der Waals surface area (Å²) in [4.78, 5) is 12.6. The molecule has 2 aromatic rings. The third kappa shape index (κ3) is 2.30. The van der Waals surface area contributed by atoms with Gasteiger partial charge in [0.25, 0.3) is 0 Å². The molecule has 0 bridgehead atoms. The minimum atomic E-state index is -0.340. The predicted molar refractivity (Wildman–Crippen MR) is 95.7 cm³/mol. The van der Waals surface area contributed by atoms with Crippen LogP contribution in [0, 0.1) is 12.8 Å². The fourth-order valence-corrected chi connectivity index (χ4v) is 4.61. The molecule has 3 nitrogen and oxygen atoms in total. The van der Waals surface area contributed by atoms with Gasteiger partial charge in [-0.05, 0) is 54.7 Å². The summed E-state index contributed by atoms with van der Waals surface area (Å²) in [6.45, 7) is 4.33. The maximum absolute atomic E-state index is 12.6. The number of fused-ring (bicyclic) bond motifs is 5. The van der Waals surface area contributed by atoms with Gasteiger partial charge in [-0.3, -0.25) is 0 Å². The van der Waals surface area contributed by atoms with Gasteiger partial charge in [0.05, 0.1) is 6.61 Å². The van der Waals surface area contributed by atoms with Gasteiger partial charge in [0.15, 0.2) is 0 Å². The summed E-state index contributed by atoms with van der Waals surface area (Å²) in [6, 6.07) is 12.1. The third-order valence-corrected chi connectivity index (χ3v) is 5.43. The predicted octanol–water partition coefficient (Wildman–Crippen LogP) is 4.31. The van der Waals surface area contributed by atoms with E-state index in [1.807, 2.05) is 19.1 Å². The molecule has 0 aromatic heterocycles. The molecule has 24 heavy (non-hydrogen) atoms. The van der Waals surface area contributed by atoms with Crippen LogP contribution in [0.2, 0.25) is 5.02 Å². The number of anilines is 1. The Labute approximate surface area is 147 Å². The molecule has 0 spiro atoms. The van der Waals surface area contributed by atoms with Gasteiger partial charge in [-0.2, -0.15) is 0 Å². The zero-order chi connectivity index (χ0) is 16.8. The fraction of sp³-hybridized carbons (Fsp3) is 0.350. The number of aryl methyl sites for hydroxylation is 1. The van der Waals surface area contributed by atoms with E-state index in [2.05, 4.69) is 36.5 Å². The minimum Gasteiger partial charge on any atom is -0.464 e. The van der Waals surface area contributed by atoms with Crippen LogP contribution in [0.3, 0.4) is 0 Å². The highest BCUT2D eigenvalue weighted by atomic mass is 35.5. The highest BCUT2D eigenvalue weighted by Crippen LogP contribution is 2.51. The normalized spacial score (nSPS) is 23.7. The monoisotopic (exact) mass is 341 g/mol. The highest BCUT2D eigenvalue weighted by Gasteiger charge is 2.46. The van der Waals surface area contributed by atoms with Crippen molar-refractivity contribution in [2.45, 2.75) is 32.2 Å². The molecular formula is C20H20ClNO2. The smallest absolute Gasteiger partial charge is 0.328 e. The zero-order valence-electron chi connectivity index (χ0n) is 13.8. The van der Waals surface area contributed by atoms with E-state index in [1.54, 1.807) is 0 Å². The van der Waals surface area contributed by atoms with Crippen LogP contribution in [0.25, 0.3) is 0 Å². The van der Waals surface area contributed by atoms with Gasteiger partial charge in [0.1, 0.15) is 6.04 Å². The lowest BCUT2D eigenvalue weighted by Crippen LogP contribution is -2.44. The molecule has 4 heteroatoms. The average Bonchev–Trinajstić information content (AvgIpc) is 2.93. The molecule has 0 radical (unpaired) electrons. The van der Waals surface area contributed by atoms with Crippen LogP contribution in [0.5, 0.6) is 0 Å². The molecule has 0 fully saturated rings. The molecule has 124 valence electrons. The number of halogens is 1. The first-order chi connectivity index (χ1) is 11.6. The van der Waals surface area contributed by atoms with Gasteiger partial charge in [0.2, 0.25) is 0 Å². The summed E-state index contributed by atoms with van der Waals surface area (Å²) in [5.41, 5.74) is 6.03. The molecule has 3 unspecified atom stereocenters. The number of esters is 1. The van der Waals surface area contributed by atoms with Crippen LogP contribution >= 0.6 is 11.6 Å². The molecule has 0 amide bonds. The van der Waals surface area contributed by atoms with Gasteiger partial charge in [-0.15, -0.1) is 0 Å². The summed E-state index contributed by atoms with van der Waals surface area (Å²) in [6.07, 6.45) is 0.888. The Balaban J connectivity index is 1.88. The van der Waals surface area contributed by atoms with Gasteiger partial charge in [-0.25, -0.2) is 4.79 Å². The number of hydrogen-bond donors (Lipinski definition) is 1. The maximum Gasteiger partial charge on any atom is 0.328 e. The lowest BCUT2D eigenvalue weighted by Gasteiger charge is -2.37. The van der Waals surface area contributed by atoms with E-state index in [4.69, 9.17) is 16.3 Å². The second kappa shape index (κ2) is 5.82. The summed E-state index contributed by atoms with van der Waals surface area (Å²) in [7, 11) is 0. The first kappa shape index (κ1) is 15.5. The molecule has 0 saturated heterocycles. The van der Waals surface area contributed by atoms with Crippen LogP contribution in [0.1, 0.15) is 35.1 Å². The van der Waals surface area contributed by atoms with Crippen molar-refractivity contribution in [2.24, 2.45) is 5.92 Å². The van der Waals surface area contributed by atoms with Gasteiger partial charge in [-0.1, -0.05) is 35.9 Å². The lowest BCUT2D eigenvalue weighted by atomic mass is 9.76. The van der Waals surface area contributed by atoms with Crippen molar-refractivity contribution in [2.75, 3.05) is 11.9 Å². The van der Waals surface area contributed by atoms with E-state index in [0.29, 0.717) is 11.6 Å². The molecule has 1 N–H and O–H groups in total. The number of rotatable bonds is 2. The second-order valence-electron chi connectivity index (χ2n) is 6.60. The molecule has 1 aliphatic heterocycles. The Kier molecular flexibility index (Phi) is 3.76. The van der Waals surface area contributed by atoms with E-state index >= 15 is 0 Å². The Morgan fingerprint density at radius 1 is 1.33 bits per heavy atom. The Morgan fingerprint density at radius 2 is 2.12 bits per heavy atom. The topological polar surface area (TPSA) is 38.3 Å². The summed E-state index contributed by atoms with van der Waals surface area (Å²) >= 11 is 6.26. The largest absolute Gasteiger partial charge is 0.464 e. The fourth-order valence-electron chi connectivity index (χ4n) is 4.33. The Hall–Kier alpha value is -2.00. The van der Waals surface area contributed by atoms with Crippen molar-refractivity contribution in [1.82, 2.24) is 0 Å². The molecule has 1 aliphatic carbocycles. The van der Waals surface area contributed by atoms with E-state index in [1.165, 1.54) is 22.3 Å². The molecule has 1 heterocycles. The summed E-state index contributed by atoms with van der Waals surface area (Å²) in [5, 5.41) is 4.10. The first-order valence-corrected chi connectivity index (χ1v) is 8.79. The molecule has 4 rings (SSSR count). The van der Waals surface area contributed by atoms with Gasteiger partial charge >= 0.3 is 5.97 Å². The third-order valence-electron chi connectivity index (χ3n) is 5.22. The molecule has 2 aliphatic rings. The van der Waals surface area contributed by atoms with E-state index in [9.17, 15) is 4.79 Å². The number of ether oxygens (including phenoxy) is 1. The van der Waals surface area contributed by atoms with Crippen molar-refractivity contribution in [3.05, 3.63) is 63.7 Å². The molecular weight excluding hydrogens is 322 g/mol. The van der Waals surface area contributed by atoms with Crippen molar-refractivity contribution >= 4 is 23.3 Å². The van der Waals surface area contributed by atoms with Crippen LogP contribution in [-0.2, 0) is 16.0 Å². The minimum absolute atomic E-state index is 0.175. The standard InChI is InChI=1S/C20H20ClNO2/c1-3-24-20(23)19-15-9-12-6-4-5-7-14(12)18(15)17-11(2)8-13(21)10-16(17)22-19/h4-8,10,15,18-19,22H,3,9H2,1-2H3. The Morgan fingerprint density at radius 3 is 2.92 bits per heavy atom. The molecule has 0 saturated carbocycles. The van der Waals surface area contributed by atoms with Crippen LogP contribution in [0.15, 0.2) is 36.4 Å². The Bertz CT molecular complexity index is 817. The van der Waals surface area contributed by atoms with Crippen LogP contribution in [-0.4, -0.2) is 18.6 Å². The number of carbonyl (C=O) groups excluding carboxylic acids is 1. The zero-order valence-corrected chi connectivity index (χ0v) is 14.6. The number of hydrogen-bond acceptors (Lipinski definition) is 3. The highest BCUT2D eigenvalue weighted by molar-refractivity contribution is 6.31. The first-order valence-electron chi connectivity index (χ1n) is 8.41. The van der Waals surface area contributed by atoms with Crippen molar-refractivity contribution in [3.8, 4) is 0 Å². The summed E-state index contributed by atoms with van der Waals surface area (Å²) in [5.74, 6) is 0.210. The van der Waals surface area contributed by atoms with E-state index in [-0.39, 0.29) is 23.8 Å². The van der Waals surface area contributed by atoms with Crippen molar-refractivity contribution in [3.63, 3.8) is 0 Å². The average molecular weight is 342 g/mol. The lowest BCUT2D eigenvalue weighted by molar-refractivity contribution is -0.145. The molecule has 3 atom stereocenters. The van der Waals surface area contributed by atoms with E-state index in [0.717, 1.165) is 12.1 Å². The summed E-state index contributed by atoms with van der Waals surface area (Å²) < 4.78 is 5.33. The number of benzene rings is 2. The second-order valence-corrected chi connectivity index (χ2v) is 7.04. The van der Waals surface area contributed by atoms with Gasteiger partial charge in [0, 0.05) is 22.5 Å². The maximum atomic E-state index is 12.6. The number of carbonyl (C=O) groups is 1. The van der Waals surface area contributed by atoms with Crippen LogP contribution in [0.4, 0.5) is 5.69 Å². The van der Waals surface area contributed by atoms with Crippen molar-refractivity contribution < 1.29 is 9.53 Å². The SMILES string of the molecule is CCOC(=O)C1Nc2cc(Cl)cc(C)c2C2c3ccccc3CC12. The van der Waals surface area contributed by atoms with Crippen molar-refractivity contribution in [1.29, 1.82) is 0 Å². The van der Waals surface area contributed by atoms with Crippen LogP contribution < -0.4 is 5.32 Å². The van der Waals surface area contributed by atoms with E-state index < -0.39 is 0 Å². The van der Waals surface area contributed by atoms with Gasteiger partial charge < -0.3 is 10.1 Å². The quantitative estimate of drug-likeness (QED) is 0.827. The molecule has 2 aromatic carbocycles.